The van der Waals surface area contributed by atoms with Crippen molar-refractivity contribution >= 4 is 11.9 Å². The number of nitrogens with one attached hydrogen (secondary N) is 1. The highest BCUT2D eigenvalue weighted by Crippen LogP contribution is 2.41. The molecule has 0 spiro atoms. The Balaban J connectivity index is 1.75. The van der Waals surface area contributed by atoms with E-state index in [1.165, 1.54) is 19.8 Å². The Bertz CT molecular complexity index is 645. The number of likely N-dealkylation sites (N-methyl/N-ethyl adjacent to an activating group) is 1. The third-order valence-electron chi connectivity index (χ3n) is 6.04. The number of hydrogen-bond donors (Lipinski definition) is 2. The van der Waals surface area contributed by atoms with E-state index in [4.69, 9.17) is 0 Å². The molecule has 6 heteroatoms. The predicted octanol–water partition coefficient (Wildman–Crippen LogP) is 2.34. The maximum absolute atomic E-state index is 12.7. The summed E-state index contributed by atoms with van der Waals surface area (Å²) in [4.78, 5) is 28.5. The molecule has 1 aromatic carbocycles. The number of carbonyl (C=O) groups is 2. The van der Waals surface area contributed by atoms with E-state index in [0.717, 1.165) is 18.4 Å². The second-order valence-corrected chi connectivity index (χ2v) is 7.65. The molecule has 0 bridgehead atoms. The fraction of sp³-hybridized carbons (Fsp3) is 0.619. The van der Waals surface area contributed by atoms with Crippen LogP contribution in [-0.4, -0.2) is 64.7 Å². The average Bonchev–Trinajstić information content (AvgIpc) is 3.14. The summed E-state index contributed by atoms with van der Waals surface area (Å²) in [7, 11) is 0. The summed E-state index contributed by atoms with van der Waals surface area (Å²) >= 11 is 0. The van der Waals surface area contributed by atoms with Crippen molar-refractivity contribution in [2.75, 3.05) is 19.7 Å². The van der Waals surface area contributed by atoms with Gasteiger partial charge in [-0.1, -0.05) is 43.2 Å². The molecule has 1 heterocycles. The highest BCUT2D eigenvalue weighted by molar-refractivity contribution is 5.77. The van der Waals surface area contributed by atoms with Crippen LogP contribution in [0.5, 0.6) is 0 Å². The Labute approximate surface area is 161 Å². The zero-order chi connectivity index (χ0) is 19.4. The van der Waals surface area contributed by atoms with Crippen LogP contribution in [-0.2, 0) is 4.79 Å². The number of aliphatic hydroxyl groups is 1. The molecular weight excluding hydrogens is 342 g/mol. The van der Waals surface area contributed by atoms with Gasteiger partial charge < -0.3 is 20.2 Å². The van der Waals surface area contributed by atoms with Crippen molar-refractivity contribution in [1.82, 2.24) is 15.1 Å². The first-order valence-corrected chi connectivity index (χ1v) is 10.1. The molecule has 2 N–H and O–H groups in total. The Kier molecular flexibility index (Phi) is 6.37. The summed E-state index contributed by atoms with van der Waals surface area (Å²) in [6.45, 7) is 4.49. The molecule has 0 radical (unpaired) electrons. The van der Waals surface area contributed by atoms with Crippen molar-refractivity contribution in [3.05, 3.63) is 35.9 Å². The minimum absolute atomic E-state index is 0.0356. The van der Waals surface area contributed by atoms with Crippen LogP contribution < -0.4 is 5.32 Å². The molecule has 6 nitrogen and oxygen atoms in total. The van der Waals surface area contributed by atoms with Gasteiger partial charge in [-0.25, -0.2) is 4.79 Å². The highest BCUT2D eigenvalue weighted by Gasteiger charge is 2.50. The first-order chi connectivity index (χ1) is 13.1. The molecule has 2 fully saturated rings. The standard InChI is InChI=1S/C21H31N3O3/c1-3-23(21(27)22-17-11-7-8-12-17)13-18-20(16-9-5-4-6-10-16)19(14-25)24(18)15(2)26/h4-6,9-10,17-20,25H,3,7-8,11-14H2,1-2H3,(H,22,27)/t18-,19+,20-/m1/s1. The number of aliphatic hydroxyl groups excluding tert-OH is 1. The second-order valence-electron chi connectivity index (χ2n) is 7.65. The maximum Gasteiger partial charge on any atom is 0.317 e. The zero-order valence-corrected chi connectivity index (χ0v) is 16.3. The first-order valence-electron chi connectivity index (χ1n) is 10.1. The third kappa shape index (κ3) is 4.10. The number of nitrogens with zero attached hydrogens (tertiary/aromatic N) is 2. The van der Waals surface area contributed by atoms with E-state index < -0.39 is 0 Å². The Hall–Kier alpha value is -2.08. The lowest BCUT2D eigenvalue weighted by molar-refractivity contribution is -0.149. The van der Waals surface area contributed by atoms with Gasteiger partial charge in [0.15, 0.2) is 0 Å². The monoisotopic (exact) mass is 373 g/mol. The normalized spacial score (nSPS) is 25.1. The van der Waals surface area contributed by atoms with E-state index in [9.17, 15) is 14.7 Å². The maximum atomic E-state index is 12.7. The van der Waals surface area contributed by atoms with E-state index in [1.807, 2.05) is 37.3 Å². The van der Waals surface area contributed by atoms with Gasteiger partial charge in [0.25, 0.3) is 0 Å². The van der Waals surface area contributed by atoms with Crippen LogP contribution in [0.3, 0.4) is 0 Å². The molecule has 1 saturated carbocycles. The van der Waals surface area contributed by atoms with Crippen molar-refractivity contribution in [1.29, 1.82) is 0 Å². The van der Waals surface area contributed by atoms with Crippen molar-refractivity contribution in [3.63, 3.8) is 0 Å². The first kappa shape index (κ1) is 19.7. The Morgan fingerprint density at radius 1 is 1.19 bits per heavy atom. The van der Waals surface area contributed by atoms with Gasteiger partial charge >= 0.3 is 6.03 Å². The van der Waals surface area contributed by atoms with Crippen molar-refractivity contribution < 1.29 is 14.7 Å². The lowest BCUT2D eigenvalue weighted by Crippen LogP contribution is -2.68. The predicted molar refractivity (Wildman–Crippen MR) is 104 cm³/mol. The Morgan fingerprint density at radius 3 is 2.41 bits per heavy atom. The van der Waals surface area contributed by atoms with Crippen LogP contribution in [0.2, 0.25) is 0 Å². The number of rotatable bonds is 6. The summed E-state index contributed by atoms with van der Waals surface area (Å²) in [6, 6.07) is 9.85. The van der Waals surface area contributed by atoms with Gasteiger partial charge in [-0.05, 0) is 25.3 Å². The molecule has 1 aromatic rings. The van der Waals surface area contributed by atoms with E-state index >= 15 is 0 Å². The molecule has 3 rings (SSSR count). The molecular formula is C21H31N3O3. The lowest BCUT2D eigenvalue weighted by Gasteiger charge is -2.55. The van der Waals surface area contributed by atoms with Crippen LogP contribution >= 0.6 is 0 Å². The van der Waals surface area contributed by atoms with Gasteiger partial charge in [0.05, 0.1) is 18.7 Å². The third-order valence-corrected chi connectivity index (χ3v) is 6.04. The fourth-order valence-electron chi connectivity index (χ4n) is 4.65. The van der Waals surface area contributed by atoms with Gasteiger partial charge in [0, 0.05) is 32.0 Å². The van der Waals surface area contributed by atoms with Gasteiger partial charge in [-0.2, -0.15) is 0 Å². The minimum Gasteiger partial charge on any atom is -0.394 e. The van der Waals surface area contributed by atoms with Gasteiger partial charge in [0.1, 0.15) is 0 Å². The van der Waals surface area contributed by atoms with Crippen molar-refractivity contribution in [2.24, 2.45) is 0 Å². The molecule has 0 aromatic heterocycles. The number of urea groups is 1. The minimum atomic E-state index is -0.230. The largest absolute Gasteiger partial charge is 0.394 e. The lowest BCUT2D eigenvalue weighted by atomic mass is 9.75. The van der Waals surface area contributed by atoms with E-state index in [-0.39, 0.29) is 42.6 Å². The second kappa shape index (κ2) is 8.74. The van der Waals surface area contributed by atoms with Crippen molar-refractivity contribution in [2.45, 2.75) is 63.6 Å². The molecule has 1 saturated heterocycles. The molecule has 3 amide bonds. The topological polar surface area (TPSA) is 72.9 Å². The van der Waals surface area contributed by atoms with Gasteiger partial charge in [-0.3, -0.25) is 4.79 Å². The summed E-state index contributed by atoms with van der Waals surface area (Å²) in [5.41, 5.74) is 1.10. The number of hydrogen-bond acceptors (Lipinski definition) is 3. The SMILES string of the molecule is CCN(C[C@@H]1[C@@H](c2ccccc2)[C@H](CO)N1C(C)=O)C(=O)NC1CCCC1. The van der Waals surface area contributed by atoms with Gasteiger partial charge in [0.2, 0.25) is 5.91 Å². The van der Waals surface area contributed by atoms with Crippen molar-refractivity contribution in [3.8, 4) is 0 Å². The fourth-order valence-corrected chi connectivity index (χ4v) is 4.65. The van der Waals surface area contributed by atoms with Crippen LogP contribution in [0.4, 0.5) is 4.79 Å². The molecule has 148 valence electrons. The summed E-state index contributed by atoms with van der Waals surface area (Å²) in [5.74, 6) is -0.0214. The number of likely N-dealkylation sites (tertiary alicyclic amines) is 1. The average molecular weight is 373 g/mol. The van der Waals surface area contributed by atoms with Gasteiger partial charge in [-0.15, -0.1) is 0 Å². The highest BCUT2D eigenvalue weighted by atomic mass is 16.3. The summed E-state index contributed by atoms with van der Waals surface area (Å²) in [5, 5.41) is 13.0. The Morgan fingerprint density at radius 2 is 1.85 bits per heavy atom. The van der Waals surface area contributed by atoms with Crippen LogP contribution in [0, 0.1) is 0 Å². The molecule has 0 unspecified atom stereocenters. The molecule has 1 aliphatic heterocycles. The molecule has 2 aliphatic rings. The quantitative estimate of drug-likeness (QED) is 0.804. The zero-order valence-electron chi connectivity index (χ0n) is 16.3. The van der Waals surface area contributed by atoms with Crippen LogP contribution in [0.15, 0.2) is 30.3 Å². The number of amides is 3. The number of carbonyl (C=O) groups excluding carboxylic acids is 2. The molecule has 3 atom stereocenters. The smallest absolute Gasteiger partial charge is 0.317 e. The van der Waals surface area contributed by atoms with E-state index in [1.54, 1.807) is 9.80 Å². The van der Waals surface area contributed by atoms with E-state index in [2.05, 4.69) is 5.32 Å². The molecule has 27 heavy (non-hydrogen) atoms. The summed E-state index contributed by atoms with van der Waals surface area (Å²) in [6.07, 6.45) is 4.44. The van der Waals surface area contributed by atoms with E-state index in [0.29, 0.717) is 13.1 Å². The summed E-state index contributed by atoms with van der Waals surface area (Å²) < 4.78 is 0. The molecule has 1 aliphatic carbocycles. The number of benzene rings is 1. The van der Waals surface area contributed by atoms with Crippen LogP contribution in [0.1, 0.15) is 51.0 Å². The van der Waals surface area contributed by atoms with Crippen LogP contribution in [0.25, 0.3) is 0 Å².